The highest BCUT2D eigenvalue weighted by atomic mass is 32.2. The Morgan fingerprint density at radius 2 is 1.92 bits per heavy atom. The van der Waals surface area contributed by atoms with Gasteiger partial charge in [0.2, 0.25) is 5.91 Å². The lowest BCUT2D eigenvalue weighted by molar-refractivity contribution is -0.118. The molecular weight excluding hydrogens is 330 g/mol. The highest BCUT2D eigenvalue weighted by Gasteiger charge is 2.22. The summed E-state index contributed by atoms with van der Waals surface area (Å²) in [5, 5.41) is 0.797. The van der Waals surface area contributed by atoms with Gasteiger partial charge in [-0.1, -0.05) is 29.5 Å². The molecule has 0 atom stereocenters. The van der Waals surface area contributed by atoms with Gasteiger partial charge in [-0.25, -0.2) is 9.97 Å². The zero-order chi connectivity index (χ0) is 18.0. The predicted molar refractivity (Wildman–Crippen MR) is 103 cm³/mol. The average Bonchev–Trinajstić information content (AvgIpc) is 2.59. The second-order valence-electron chi connectivity index (χ2n) is 6.64. The van der Waals surface area contributed by atoms with Gasteiger partial charge in [0, 0.05) is 30.0 Å². The van der Waals surface area contributed by atoms with Crippen molar-refractivity contribution in [1.82, 2.24) is 9.97 Å². The van der Waals surface area contributed by atoms with Gasteiger partial charge in [0.1, 0.15) is 0 Å². The van der Waals surface area contributed by atoms with Crippen molar-refractivity contribution < 1.29 is 4.79 Å². The van der Waals surface area contributed by atoms with Gasteiger partial charge in [-0.15, -0.1) is 0 Å². The fraction of sp³-hybridized carbons (Fsp3) is 0.450. The Hall–Kier alpha value is -1.88. The minimum absolute atomic E-state index is 0.192. The third-order valence-electron chi connectivity index (χ3n) is 4.83. The van der Waals surface area contributed by atoms with Crippen LogP contribution in [0.1, 0.15) is 40.9 Å². The van der Waals surface area contributed by atoms with E-state index in [9.17, 15) is 4.79 Å². The molecule has 1 amide bonds. The summed E-state index contributed by atoms with van der Waals surface area (Å²) in [6.45, 7) is 6.93. The van der Waals surface area contributed by atoms with Crippen LogP contribution in [-0.2, 0) is 17.6 Å². The molecule has 0 fully saturated rings. The lowest BCUT2D eigenvalue weighted by atomic mass is 9.98. The van der Waals surface area contributed by atoms with Crippen molar-refractivity contribution in [1.29, 1.82) is 0 Å². The maximum absolute atomic E-state index is 12.8. The quantitative estimate of drug-likeness (QED) is 0.613. The van der Waals surface area contributed by atoms with Crippen LogP contribution in [0.25, 0.3) is 0 Å². The van der Waals surface area contributed by atoms with Gasteiger partial charge in [0.15, 0.2) is 5.16 Å². The maximum atomic E-state index is 12.8. The van der Waals surface area contributed by atoms with E-state index in [0.29, 0.717) is 12.8 Å². The molecule has 1 aromatic carbocycles. The summed E-state index contributed by atoms with van der Waals surface area (Å²) in [7, 11) is 0. The van der Waals surface area contributed by atoms with Gasteiger partial charge in [-0.2, -0.15) is 0 Å². The Kier molecular flexibility index (Phi) is 5.42. The van der Waals surface area contributed by atoms with E-state index in [-0.39, 0.29) is 5.91 Å². The normalized spacial score (nSPS) is 13.7. The van der Waals surface area contributed by atoms with Gasteiger partial charge in [-0.3, -0.25) is 4.79 Å². The van der Waals surface area contributed by atoms with Gasteiger partial charge in [0.05, 0.1) is 0 Å². The van der Waals surface area contributed by atoms with Gasteiger partial charge in [-0.05, 0) is 63.5 Å². The Morgan fingerprint density at radius 1 is 1.20 bits per heavy atom. The predicted octanol–water partition coefficient (Wildman–Crippen LogP) is 4.04. The standard InChI is InChI=1S/C20H25N3OS/c1-13-7-9-18-16(12-13)6-5-11-23(18)19(24)10-8-17-14(2)21-20(25-4)22-15(17)3/h7,9,12H,5-6,8,10-11H2,1-4H3. The summed E-state index contributed by atoms with van der Waals surface area (Å²) in [6.07, 6.45) is 5.27. The molecule has 0 saturated carbocycles. The maximum Gasteiger partial charge on any atom is 0.227 e. The molecule has 1 aliphatic heterocycles. The van der Waals surface area contributed by atoms with Crippen LogP contribution < -0.4 is 4.90 Å². The number of hydrogen-bond acceptors (Lipinski definition) is 4. The molecule has 1 aliphatic rings. The van der Waals surface area contributed by atoms with E-state index in [1.54, 1.807) is 11.8 Å². The highest BCUT2D eigenvalue weighted by Crippen LogP contribution is 2.29. The topological polar surface area (TPSA) is 46.1 Å². The molecule has 132 valence electrons. The van der Waals surface area contributed by atoms with E-state index in [0.717, 1.165) is 47.2 Å². The minimum atomic E-state index is 0.192. The summed E-state index contributed by atoms with van der Waals surface area (Å²) in [6, 6.07) is 6.39. The van der Waals surface area contributed by atoms with E-state index in [4.69, 9.17) is 0 Å². The SMILES string of the molecule is CSc1nc(C)c(CCC(=O)N2CCCc3cc(C)ccc32)c(C)n1. The van der Waals surface area contributed by atoms with Crippen LogP contribution >= 0.6 is 11.8 Å². The number of amides is 1. The number of benzene rings is 1. The second-order valence-corrected chi connectivity index (χ2v) is 7.41. The largest absolute Gasteiger partial charge is 0.312 e. The van der Waals surface area contributed by atoms with Gasteiger partial charge in [0.25, 0.3) is 0 Å². The molecule has 3 rings (SSSR count). The van der Waals surface area contributed by atoms with Crippen molar-refractivity contribution in [2.45, 2.75) is 51.6 Å². The Labute approximate surface area is 154 Å². The molecule has 2 heterocycles. The van der Waals surface area contributed by atoms with Crippen molar-refractivity contribution in [3.63, 3.8) is 0 Å². The second kappa shape index (κ2) is 7.56. The summed E-state index contributed by atoms with van der Waals surface area (Å²) in [5.41, 5.74) is 6.71. The molecule has 0 N–H and O–H groups in total. The molecule has 4 nitrogen and oxygen atoms in total. The zero-order valence-corrected chi connectivity index (χ0v) is 16.2. The summed E-state index contributed by atoms with van der Waals surface area (Å²) < 4.78 is 0. The van der Waals surface area contributed by atoms with Crippen molar-refractivity contribution in [2.75, 3.05) is 17.7 Å². The first kappa shape index (κ1) is 17.9. The third-order valence-corrected chi connectivity index (χ3v) is 5.37. The number of fused-ring (bicyclic) bond motifs is 1. The van der Waals surface area contributed by atoms with Crippen molar-refractivity contribution in [3.8, 4) is 0 Å². The van der Waals surface area contributed by atoms with Crippen molar-refractivity contribution in [3.05, 3.63) is 46.3 Å². The summed E-state index contributed by atoms with van der Waals surface area (Å²) in [5.74, 6) is 0.192. The highest BCUT2D eigenvalue weighted by molar-refractivity contribution is 7.98. The van der Waals surface area contributed by atoms with Crippen LogP contribution in [0.2, 0.25) is 0 Å². The molecule has 0 aliphatic carbocycles. The first-order valence-electron chi connectivity index (χ1n) is 8.77. The Morgan fingerprint density at radius 3 is 2.60 bits per heavy atom. The number of rotatable bonds is 4. The number of aryl methyl sites for hydroxylation is 4. The van der Waals surface area contributed by atoms with E-state index in [1.807, 2.05) is 25.0 Å². The Bertz CT molecular complexity index is 781. The lowest BCUT2D eigenvalue weighted by Gasteiger charge is -2.30. The molecule has 0 unspecified atom stereocenters. The molecular formula is C20H25N3OS. The first-order chi connectivity index (χ1) is 12.0. The molecule has 0 bridgehead atoms. The van der Waals surface area contributed by atoms with Crippen molar-refractivity contribution >= 4 is 23.4 Å². The molecule has 0 radical (unpaired) electrons. The number of thioether (sulfide) groups is 1. The number of carbonyl (C=O) groups is 1. The third kappa shape index (κ3) is 3.87. The lowest BCUT2D eigenvalue weighted by Crippen LogP contribution is -2.35. The summed E-state index contributed by atoms with van der Waals surface area (Å²) in [4.78, 5) is 23.8. The summed E-state index contributed by atoms with van der Waals surface area (Å²) >= 11 is 1.55. The Balaban J connectivity index is 1.74. The molecule has 0 spiro atoms. The molecule has 1 aromatic heterocycles. The first-order valence-corrected chi connectivity index (χ1v) is 10.00. The van der Waals surface area contributed by atoms with Crippen LogP contribution in [0.15, 0.2) is 23.4 Å². The van der Waals surface area contributed by atoms with Crippen LogP contribution in [0.5, 0.6) is 0 Å². The monoisotopic (exact) mass is 355 g/mol. The van der Waals surface area contributed by atoms with E-state index < -0.39 is 0 Å². The van der Waals surface area contributed by atoms with Crippen LogP contribution in [0.3, 0.4) is 0 Å². The van der Waals surface area contributed by atoms with E-state index in [1.165, 1.54) is 11.1 Å². The number of anilines is 1. The smallest absolute Gasteiger partial charge is 0.227 e. The van der Waals surface area contributed by atoms with Crippen molar-refractivity contribution in [2.24, 2.45) is 0 Å². The molecule has 25 heavy (non-hydrogen) atoms. The molecule has 5 heteroatoms. The average molecular weight is 356 g/mol. The van der Waals surface area contributed by atoms with Crippen LogP contribution in [0, 0.1) is 20.8 Å². The number of carbonyl (C=O) groups excluding carboxylic acids is 1. The van der Waals surface area contributed by atoms with Crippen LogP contribution in [-0.4, -0.2) is 28.7 Å². The number of nitrogens with zero attached hydrogens (tertiary/aromatic N) is 3. The van der Waals surface area contributed by atoms with Gasteiger partial charge >= 0.3 is 0 Å². The minimum Gasteiger partial charge on any atom is -0.312 e. The van der Waals surface area contributed by atoms with Crippen LogP contribution in [0.4, 0.5) is 5.69 Å². The zero-order valence-electron chi connectivity index (χ0n) is 15.4. The molecule has 2 aromatic rings. The fourth-order valence-corrected chi connectivity index (χ4v) is 3.97. The van der Waals surface area contributed by atoms with E-state index >= 15 is 0 Å². The number of hydrogen-bond donors (Lipinski definition) is 0. The number of aromatic nitrogens is 2. The van der Waals surface area contributed by atoms with Gasteiger partial charge < -0.3 is 4.90 Å². The molecule has 0 saturated heterocycles. The van der Waals surface area contributed by atoms with E-state index in [2.05, 4.69) is 35.1 Å². The fourth-order valence-electron chi connectivity index (χ4n) is 3.51.